The molecule has 1 aromatic rings. The fourth-order valence-corrected chi connectivity index (χ4v) is 1.38. The minimum Gasteiger partial charge on any atom is -0.480 e. The summed E-state index contributed by atoms with van der Waals surface area (Å²) in [6.45, 7) is 0. The van der Waals surface area contributed by atoms with Crippen molar-refractivity contribution in [3.63, 3.8) is 0 Å². The van der Waals surface area contributed by atoms with Crippen LogP contribution >= 0.6 is 0 Å². The standard InChI is InChI=1S/C11H15N3O5/c1-14-5-8(12-6-14)10(16)13-7(11(17)18)3-4-9(15)19-2/h5-7H,3-4H2,1-2H3,(H,13,16)(H,17,18)/t7-/m1/s1. The van der Waals surface area contributed by atoms with Gasteiger partial charge in [0, 0.05) is 19.7 Å². The molecule has 0 aliphatic rings. The van der Waals surface area contributed by atoms with Crippen LogP contribution in [0, 0.1) is 0 Å². The number of hydrogen-bond donors (Lipinski definition) is 2. The SMILES string of the molecule is COC(=O)CC[C@@H](NC(=O)c1cn(C)cn1)C(=O)O. The lowest BCUT2D eigenvalue weighted by molar-refractivity contribution is -0.142. The zero-order valence-corrected chi connectivity index (χ0v) is 10.6. The molecule has 0 radical (unpaired) electrons. The highest BCUT2D eigenvalue weighted by atomic mass is 16.5. The maximum absolute atomic E-state index is 11.7. The van der Waals surface area contributed by atoms with Gasteiger partial charge in [-0.2, -0.15) is 0 Å². The van der Waals surface area contributed by atoms with Crippen molar-refractivity contribution in [2.24, 2.45) is 7.05 Å². The Balaban J connectivity index is 2.61. The van der Waals surface area contributed by atoms with Crippen molar-refractivity contribution in [2.75, 3.05) is 7.11 Å². The molecule has 19 heavy (non-hydrogen) atoms. The number of rotatable bonds is 6. The molecule has 2 N–H and O–H groups in total. The number of esters is 1. The van der Waals surface area contributed by atoms with E-state index in [0.29, 0.717) is 0 Å². The van der Waals surface area contributed by atoms with E-state index in [4.69, 9.17) is 5.11 Å². The Morgan fingerprint density at radius 3 is 2.68 bits per heavy atom. The Kier molecular flexibility index (Phi) is 5.04. The molecular weight excluding hydrogens is 254 g/mol. The summed E-state index contributed by atoms with van der Waals surface area (Å²) in [5, 5.41) is 11.3. The van der Waals surface area contributed by atoms with Crippen molar-refractivity contribution < 1.29 is 24.2 Å². The van der Waals surface area contributed by atoms with Gasteiger partial charge in [-0.1, -0.05) is 0 Å². The number of amides is 1. The third-order valence-electron chi connectivity index (χ3n) is 2.41. The molecule has 0 fully saturated rings. The van der Waals surface area contributed by atoms with Crippen molar-refractivity contribution >= 4 is 17.8 Å². The number of nitrogens with one attached hydrogen (secondary N) is 1. The van der Waals surface area contributed by atoms with E-state index in [9.17, 15) is 14.4 Å². The summed E-state index contributed by atoms with van der Waals surface area (Å²) in [6, 6.07) is -1.16. The van der Waals surface area contributed by atoms with Gasteiger partial charge in [-0.3, -0.25) is 9.59 Å². The quantitative estimate of drug-likeness (QED) is 0.677. The average molecular weight is 269 g/mol. The third-order valence-corrected chi connectivity index (χ3v) is 2.41. The minimum absolute atomic E-state index is 0.0411. The number of carboxylic acids is 1. The number of methoxy groups -OCH3 is 1. The first kappa shape index (κ1) is 14.7. The van der Waals surface area contributed by atoms with Gasteiger partial charge in [-0.05, 0) is 6.42 Å². The van der Waals surface area contributed by atoms with Crippen LogP contribution in [-0.4, -0.2) is 45.7 Å². The molecule has 1 heterocycles. The number of carbonyl (C=O) groups is 3. The molecule has 8 nitrogen and oxygen atoms in total. The van der Waals surface area contributed by atoms with Crippen LogP contribution in [0.3, 0.4) is 0 Å². The molecule has 1 rings (SSSR count). The van der Waals surface area contributed by atoms with Crippen LogP contribution in [0.2, 0.25) is 0 Å². The Morgan fingerprint density at radius 1 is 1.53 bits per heavy atom. The number of hydrogen-bond acceptors (Lipinski definition) is 5. The summed E-state index contributed by atoms with van der Waals surface area (Å²) in [5.74, 6) is -2.34. The summed E-state index contributed by atoms with van der Waals surface area (Å²) in [6.07, 6.45) is 2.77. The third kappa shape index (κ3) is 4.41. The Hall–Kier alpha value is -2.38. The molecule has 0 spiro atoms. The second-order valence-electron chi connectivity index (χ2n) is 3.90. The summed E-state index contributed by atoms with van der Waals surface area (Å²) in [5.41, 5.74) is 0.117. The topological polar surface area (TPSA) is 111 Å². The van der Waals surface area contributed by atoms with Gasteiger partial charge in [-0.25, -0.2) is 9.78 Å². The summed E-state index contributed by atoms with van der Waals surface area (Å²) >= 11 is 0. The predicted molar refractivity (Wildman–Crippen MR) is 63.3 cm³/mol. The van der Waals surface area contributed by atoms with Gasteiger partial charge in [0.2, 0.25) is 0 Å². The van der Waals surface area contributed by atoms with Crippen LogP contribution in [0.15, 0.2) is 12.5 Å². The van der Waals surface area contributed by atoms with Gasteiger partial charge in [0.1, 0.15) is 11.7 Å². The Bertz CT molecular complexity index is 482. The lowest BCUT2D eigenvalue weighted by Crippen LogP contribution is -2.41. The Labute approximate surface area is 109 Å². The molecule has 8 heteroatoms. The highest BCUT2D eigenvalue weighted by molar-refractivity contribution is 5.94. The zero-order valence-electron chi connectivity index (χ0n) is 10.6. The summed E-state index contributed by atoms with van der Waals surface area (Å²) < 4.78 is 5.98. The van der Waals surface area contributed by atoms with E-state index in [1.807, 2.05) is 0 Å². The predicted octanol–water partition coefficient (Wildman–Crippen LogP) is -0.444. The normalized spacial score (nSPS) is 11.7. The number of imidazole rings is 1. The van der Waals surface area contributed by atoms with Gasteiger partial charge >= 0.3 is 11.9 Å². The molecule has 104 valence electrons. The molecule has 1 atom stereocenters. The Morgan fingerprint density at radius 2 is 2.21 bits per heavy atom. The molecule has 0 unspecified atom stereocenters. The maximum atomic E-state index is 11.7. The van der Waals surface area contributed by atoms with E-state index < -0.39 is 23.9 Å². The van der Waals surface area contributed by atoms with Gasteiger partial charge in [0.15, 0.2) is 0 Å². The van der Waals surface area contributed by atoms with Crippen LogP contribution in [-0.2, 0) is 21.4 Å². The lowest BCUT2D eigenvalue weighted by atomic mass is 10.1. The van der Waals surface area contributed by atoms with E-state index in [1.165, 1.54) is 19.6 Å². The first-order valence-electron chi connectivity index (χ1n) is 5.52. The van der Waals surface area contributed by atoms with Gasteiger partial charge in [0.05, 0.1) is 13.4 Å². The smallest absolute Gasteiger partial charge is 0.326 e. The van der Waals surface area contributed by atoms with E-state index in [0.717, 1.165) is 0 Å². The summed E-state index contributed by atoms with van der Waals surface area (Å²) in [4.78, 5) is 37.5. The van der Waals surface area contributed by atoms with E-state index in [1.54, 1.807) is 11.6 Å². The summed E-state index contributed by atoms with van der Waals surface area (Å²) in [7, 11) is 2.90. The van der Waals surface area contributed by atoms with Crippen molar-refractivity contribution in [1.29, 1.82) is 0 Å². The van der Waals surface area contributed by atoms with Crippen LogP contribution in [0.25, 0.3) is 0 Å². The van der Waals surface area contributed by atoms with E-state index in [-0.39, 0.29) is 18.5 Å². The minimum atomic E-state index is -1.21. The van der Waals surface area contributed by atoms with E-state index >= 15 is 0 Å². The highest BCUT2D eigenvalue weighted by Crippen LogP contribution is 2.02. The van der Waals surface area contributed by atoms with Crippen LogP contribution < -0.4 is 5.32 Å². The van der Waals surface area contributed by atoms with Gasteiger partial charge < -0.3 is 19.7 Å². The molecule has 1 aromatic heterocycles. The number of carboxylic acid groups (broad SMARTS) is 1. The van der Waals surface area contributed by atoms with Crippen LogP contribution in [0.4, 0.5) is 0 Å². The number of aliphatic carboxylic acids is 1. The van der Waals surface area contributed by atoms with Gasteiger partial charge in [-0.15, -0.1) is 0 Å². The second-order valence-corrected chi connectivity index (χ2v) is 3.90. The largest absolute Gasteiger partial charge is 0.480 e. The molecule has 1 amide bonds. The van der Waals surface area contributed by atoms with Crippen LogP contribution in [0.5, 0.6) is 0 Å². The number of nitrogens with zero attached hydrogens (tertiary/aromatic N) is 2. The monoisotopic (exact) mass is 269 g/mol. The first-order chi connectivity index (χ1) is 8.93. The number of aromatic nitrogens is 2. The van der Waals surface area contributed by atoms with Crippen molar-refractivity contribution in [3.05, 3.63) is 18.2 Å². The fourth-order valence-electron chi connectivity index (χ4n) is 1.38. The molecule has 0 aromatic carbocycles. The van der Waals surface area contributed by atoms with Crippen molar-refractivity contribution in [1.82, 2.24) is 14.9 Å². The average Bonchev–Trinajstić information content (AvgIpc) is 2.80. The van der Waals surface area contributed by atoms with Crippen molar-refractivity contribution in [2.45, 2.75) is 18.9 Å². The molecule has 0 saturated carbocycles. The maximum Gasteiger partial charge on any atom is 0.326 e. The number of ether oxygens (including phenoxy) is 1. The molecule has 0 aliphatic heterocycles. The number of carbonyl (C=O) groups excluding carboxylic acids is 2. The lowest BCUT2D eigenvalue weighted by Gasteiger charge is -2.12. The molecule has 0 saturated heterocycles. The highest BCUT2D eigenvalue weighted by Gasteiger charge is 2.22. The molecular formula is C11H15N3O5. The second kappa shape index (κ2) is 6.53. The molecule has 0 aliphatic carbocycles. The zero-order chi connectivity index (χ0) is 14.4. The number of aryl methyl sites for hydroxylation is 1. The fraction of sp³-hybridized carbons (Fsp3) is 0.455. The first-order valence-corrected chi connectivity index (χ1v) is 5.52. The molecule has 0 bridgehead atoms. The van der Waals surface area contributed by atoms with E-state index in [2.05, 4.69) is 15.0 Å². The van der Waals surface area contributed by atoms with Crippen LogP contribution in [0.1, 0.15) is 23.3 Å². The van der Waals surface area contributed by atoms with Gasteiger partial charge in [0.25, 0.3) is 5.91 Å². The van der Waals surface area contributed by atoms with Crippen molar-refractivity contribution in [3.8, 4) is 0 Å².